The number of nitrogens with one attached hydrogen (secondary N) is 1. The molecule has 1 aromatic heterocycles. The minimum Gasteiger partial charge on any atom is -0.492 e. The van der Waals surface area contributed by atoms with E-state index in [0.29, 0.717) is 43.6 Å². The number of amides is 1. The normalized spacial score (nSPS) is 13.5. The molecule has 1 saturated heterocycles. The molecule has 0 atom stereocenters. The van der Waals surface area contributed by atoms with Gasteiger partial charge in [-0.05, 0) is 51.0 Å². The zero-order chi connectivity index (χ0) is 26.4. The monoisotopic (exact) mass is 510 g/mol. The van der Waals surface area contributed by atoms with Crippen molar-refractivity contribution < 1.29 is 33.0 Å². The summed E-state index contributed by atoms with van der Waals surface area (Å²) in [5, 5.41) is 3.67. The smallest absolute Gasteiger partial charge is 0.310 e. The first-order valence-corrected chi connectivity index (χ1v) is 12.6. The van der Waals surface area contributed by atoms with Crippen molar-refractivity contribution in [2.45, 2.75) is 34.1 Å². The van der Waals surface area contributed by atoms with Gasteiger partial charge in [0, 0.05) is 36.2 Å². The van der Waals surface area contributed by atoms with Crippen LogP contribution in [0.5, 0.6) is 11.5 Å². The first kappa shape index (κ1) is 26.3. The molecule has 1 fully saturated rings. The summed E-state index contributed by atoms with van der Waals surface area (Å²) >= 11 is 0. The number of anilines is 2. The van der Waals surface area contributed by atoms with Crippen molar-refractivity contribution in [3.63, 3.8) is 0 Å². The van der Waals surface area contributed by atoms with E-state index in [1.165, 1.54) is 0 Å². The second-order valence-corrected chi connectivity index (χ2v) is 8.86. The number of carbonyl (C=O) groups excluding carboxylic acids is 2. The van der Waals surface area contributed by atoms with Crippen molar-refractivity contribution in [2.24, 2.45) is 0 Å². The van der Waals surface area contributed by atoms with Crippen molar-refractivity contribution in [1.82, 2.24) is 0 Å². The van der Waals surface area contributed by atoms with Gasteiger partial charge in [-0.3, -0.25) is 9.59 Å². The van der Waals surface area contributed by atoms with Crippen LogP contribution >= 0.6 is 0 Å². The van der Waals surface area contributed by atoms with Crippen LogP contribution in [0.2, 0.25) is 0 Å². The van der Waals surface area contributed by atoms with Gasteiger partial charge in [0.05, 0.1) is 50.5 Å². The zero-order valence-electron chi connectivity index (χ0n) is 21.8. The predicted octanol–water partition coefficient (Wildman–Crippen LogP) is 4.41. The van der Waals surface area contributed by atoms with E-state index in [4.69, 9.17) is 23.4 Å². The molecule has 9 heteroatoms. The summed E-state index contributed by atoms with van der Waals surface area (Å²) in [6.07, 6.45) is 1.57. The van der Waals surface area contributed by atoms with E-state index >= 15 is 0 Å². The molecule has 2 heterocycles. The summed E-state index contributed by atoms with van der Waals surface area (Å²) in [5.74, 6) is 0.165. The molecule has 1 amide bonds. The third kappa shape index (κ3) is 6.35. The number of hydrogen-bond acceptors (Lipinski definition) is 8. The zero-order valence-corrected chi connectivity index (χ0v) is 21.8. The molecule has 198 valence electrons. The Bertz CT molecular complexity index is 1260. The maximum absolute atomic E-state index is 12.7. The fourth-order valence-corrected chi connectivity index (χ4v) is 4.26. The van der Waals surface area contributed by atoms with Gasteiger partial charge in [-0.15, -0.1) is 0 Å². The molecule has 2 aromatic carbocycles. The minimum absolute atomic E-state index is 0.00963. The molecule has 4 rings (SSSR count). The van der Waals surface area contributed by atoms with Crippen LogP contribution in [0.1, 0.15) is 30.5 Å². The fraction of sp³-hybridized carbons (Fsp3) is 0.429. The molecule has 3 aromatic rings. The van der Waals surface area contributed by atoms with E-state index < -0.39 is 18.5 Å². The van der Waals surface area contributed by atoms with Crippen molar-refractivity contribution in [3.05, 3.63) is 47.2 Å². The molecule has 1 N–H and O–H groups in total. The first-order chi connectivity index (χ1) is 17.9. The lowest BCUT2D eigenvalue weighted by Crippen LogP contribution is -2.36. The predicted molar refractivity (Wildman–Crippen MR) is 141 cm³/mol. The molecule has 0 radical (unpaired) electrons. The third-order valence-electron chi connectivity index (χ3n) is 6.26. The van der Waals surface area contributed by atoms with Crippen LogP contribution in [0, 0.1) is 13.8 Å². The average Bonchev–Trinajstić information content (AvgIpc) is 3.26. The first-order valence-electron chi connectivity index (χ1n) is 12.6. The Kier molecular flexibility index (Phi) is 8.55. The summed E-state index contributed by atoms with van der Waals surface area (Å²) in [7, 11) is 0. The van der Waals surface area contributed by atoms with Crippen molar-refractivity contribution in [2.75, 3.05) is 56.3 Å². The summed E-state index contributed by atoms with van der Waals surface area (Å²) < 4.78 is 28.0. The standard InChI is InChI=1S/C28H34N2O7/c1-5-34-25-15-23(30-7-9-33-10-8-30)26(35-6-2)14-22(25)29-27(31)17-37-28(32)13-20-16-36-24-12-19(4)18(3)11-21(20)24/h11-12,14-16H,5-10,13,17H2,1-4H3,(H,29,31). The number of ether oxygens (including phenoxy) is 4. The highest BCUT2D eigenvalue weighted by atomic mass is 16.5. The number of furan rings is 1. The van der Waals surface area contributed by atoms with Gasteiger partial charge in [-0.2, -0.15) is 0 Å². The number of hydrogen-bond donors (Lipinski definition) is 1. The maximum atomic E-state index is 12.7. The van der Waals surface area contributed by atoms with Crippen LogP contribution < -0.4 is 19.7 Å². The number of aryl methyl sites for hydroxylation is 2. The van der Waals surface area contributed by atoms with Gasteiger partial charge in [0.1, 0.15) is 17.1 Å². The summed E-state index contributed by atoms with van der Waals surface area (Å²) in [4.78, 5) is 27.4. The van der Waals surface area contributed by atoms with Gasteiger partial charge >= 0.3 is 5.97 Å². The topological polar surface area (TPSA) is 99.5 Å². The minimum atomic E-state index is -0.515. The molecule has 9 nitrogen and oxygen atoms in total. The second kappa shape index (κ2) is 12.0. The SMILES string of the molecule is CCOc1cc(N2CCOCC2)c(OCC)cc1NC(=O)COC(=O)Cc1coc2cc(C)c(C)cc12. The molecule has 0 unspecified atom stereocenters. The van der Waals surface area contributed by atoms with Gasteiger partial charge < -0.3 is 33.6 Å². The van der Waals surface area contributed by atoms with Gasteiger partial charge in [0.2, 0.25) is 0 Å². The Morgan fingerprint density at radius 1 is 0.973 bits per heavy atom. The number of benzene rings is 2. The van der Waals surface area contributed by atoms with Crippen molar-refractivity contribution >= 4 is 34.2 Å². The van der Waals surface area contributed by atoms with Gasteiger partial charge in [0.25, 0.3) is 5.91 Å². The number of nitrogens with zero attached hydrogens (tertiary/aromatic N) is 1. The van der Waals surface area contributed by atoms with Crippen LogP contribution in [0.3, 0.4) is 0 Å². The highest BCUT2D eigenvalue weighted by Gasteiger charge is 2.21. The third-order valence-corrected chi connectivity index (χ3v) is 6.26. The van der Waals surface area contributed by atoms with E-state index in [9.17, 15) is 9.59 Å². The second-order valence-electron chi connectivity index (χ2n) is 8.86. The molecular weight excluding hydrogens is 476 g/mol. The highest BCUT2D eigenvalue weighted by molar-refractivity contribution is 5.95. The van der Waals surface area contributed by atoms with Crippen LogP contribution in [-0.4, -0.2) is 58.0 Å². The van der Waals surface area contributed by atoms with Gasteiger partial charge in [-0.25, -0.2) is 0 Å². The van der Waals surface area contributed by atoms with Crippen LogP contribution in [0.15, 0.2) is 34.9 Å². The largest absolute Gasteiger partial charge is 0.492 e. The van der Waals surface area contributed by atoms with E-state index in [1.54, 1.807) is 12.3 Å². The Labute approximate surface area is 216 Å². The van der Waals surface area contributed by atoms with Crippen molar-refractivity contribution in [1.29, 1.82) is 0 Å². The van der Waals surface area contributed by atoms with E-state index in [1.807, 2.05) is 45.9 Å². The molecule has 0 aliphatic carbocycles. The Hall–Kier alpha value is -3.72. The number of carbonyl (C=O) groups is 2. The van der Waals surface area contributed by atoms with Crippen LogP contribution in [0.25, 0.3) is 11.0 Å². The quantitative estimate of drug-likeness (QED) is 0.401. The summed E-state index contributed by atoms with van der Waals surface area (Å²) in [6.45, 7) is 11.0. The lowest BCUT2D eigenvalue weighted by Gasteiger charge is -2.31. The Morgan fingerprint density at radius 2 is 1.68 bits per heavy atom. The molecular formula is C28H34N2O7. The summed E-state index contributed by atoms with van der Waals surface area (Å²) in [6, 6.07) is 7.56. The average molecular weight is 511 g/mol. The van der Waals surface area contributed by atoms with Gasteiger partial charge in [-0.1, -0.05) is 0 Å². The molecule has 1 aliphatic heterocycles. The molecule has 0 bridgehead atoms. The van der Waals surface area contributed by atoms with Crippen molar-refractivity contribution in [3.8, 4) is 11.5 Å². The fourth-order valence-electron chi connectivity index (χ4n) is 4.26. The number of fused-ring (bicyclic) bond motifs is 1. The van der Waals surface area contributed by atoms with E-state index in [-0.39, 0.29) is 6.42 Å². The van der Waals surface area contributed by atoms with E-state index in [2.05, 4.69) is 10.2 Å². The Balaban J connectivity index is 1.42. The lowest BCUT2D eigenvalue weighted by molar-refractivity contribution is -0.146. The van der Waals surface area contributed by atoms with Crippen LogP contribution in [-0.2, 0) is 25.5 Å². The molecule has 0 spiro atoms. The number of morpholine rings is 1. The Morgan fingerprint density at radius 3 is 2.41 bits per heavy atom. The lowest BCUT2D eigenvalue weighted by atomic mass is 10.0. The summed E-state index contributed by atoms with van der Waals surface area (Å²) in [5.41, 5.74) is 5.01. The number of rotatable bonds is 10. The molecule has 0 saturated carbocycles. The molecule has 1 aliphatic rings. The van der Waals surface area contributed by atoms with Crippen LogP contribution in [0.4, 0.5) is 11.4 Å². The maximum Gasteiger partial charge on any atom is 0.310 e. The molecule has 37 heavy (non-hydrogen) atoms. The highest BCUT2D eigenvalue weighted by Crippen LogP contribution is 2.39. The number of esters is 1. The van der Waals surface area contributed by atoms with E-state index in [0.717, 1.165) is 46.4 Å². The van der Waals surface area contributed by atoms with Gasteiger partial charge in [0.15, 0.2) is 6.61 Å².